The first-order valence-electron chi connectivity index (χ1n) is 5.80. The van der Waals surface area contributed by atoms with E-state index in [0.717, 1.165) is 0 Å². The molecule has 0 saturated carbocycles. The van der Waals surface area contributed by atoms with E-state index < -0.39 is 4.92 Å². The number of anilines is 1. The average Bonchev–Trinajstić information content (AvgIpc) is 2.48. The molecule has 0 saturated heterocycles. The van der Waals surface area contributed by atoms with Crippen LogP contribution in [0.3, 0.4) is 0 Å². The van der Waals surface area contributed by atoms with Crippen molar-refractivity contribution < 1.29 is 14.5 Å². The molecule has 0 aliphatic carbocycles. The number of nitro groups is 1. The lowest BCUT2D eigenvalue weighted by Crippen LogP contribution is -2.12. The van der Waals surface area contributed by atoms with Crippen LogP contribution in [0.25, 0.3) is 0 Å². The third-order valence-corrected chi connectivity index (χ3v) is 2.68. The van der Waals surface area contributed by atoms with Gasteiger partial charge in [-0.3, -0.25) is 14.9 Å². The highest BCUT2D eigenvalue weighted by Gasteiger charge is 2.14. The molecule has 0 heterocycles. The van der Waals surface area contributed by atoms with Gasteiger partial charge in [0, 0.05) is 17.7 Å². The molecule has 0 bridgehead atoms. The van der Waals surface area contributed by atoms with Crippen molar-refractivity contribution >= 4 is 17.3 Å². The second-order valence-electron chi connectivity index (χ2n) is 3.96. The van der Waals surface area contributed by atoms with Crippen LogP contribution in [0.15, 0.2) is 48.5 Å². The number of rotatable bonds is 4. The molecule has 0 fully saturated rings. The number of non-ortho nitro benzene ring substituents is 1. The van der Waals surface area contributed by atoms with Gasteiger partial charge in [-0.05, 0) is 18.2 Å². The lowest BCUT2D eigenvalue weighted by Gasteiger charge is -2.09. The Kier molecular flexibility index (Phi) is 3.95. The monoisotopic (exact) mass is 272 g/mol. The molecule has 2 aromatic rings. The molecule has 20 heavy (non-hydrogen) atoms. The number of hydrogen-bond acceptors (Lipinski definition) is 4. The van der Waals surface area contributed by atoms with Gasteiger partial charge in [-0.15, -0.1) is 0 Å². The van der Waals surface area contributed by atoms with Crippen molar-refractivity contribution in [1.29, 1.82) is 0 Å². The zero-order valence-electron chi connectivity index (χ0n) is 10.7. The number of nitro benzene ring substituents is 1. The van der Waals surface area contributed by atoms with Gasteiger partial charge >= 0.3 is 0 Å². The van der Waals surface area contributed by atoms with Crippen LogP contribution in [0.5, 0.6) is 5.75 Å². The molecule has 0 aromatic heterocycles. The Morgan fingerprint density at radius 2 is 1.90 bits per heavy atom. The Morgan fingerprint density at radius 1 is 1.20 bits per heavy atom. The maximum atomic E-state index is 12.0. The second kappa shape index (κ2) is 5.83. The molecule has 0 radical (unpaired) electrons. The highest BCUT2D eigenvalue weighted by molar-refractivity contribution is 6.05. The molecule has 102 valence electrons. The van der Waals surface area contributed by atoms with Crippen LogP contribution in [-0.4, -0.2) is 17.9 Å². The minimum Gasteiger partial charge on any atom is -0.495 e. The second-order valence-corrected chi connectivity index (χ2v) is 3.96. The number of amides is 1. The summed E-state index contributed by atoms with van der Waals surface area (Å²) >= 11 is 0. The zero-order chi connectivity index (χ0) is 14.5. The van der Waals surface area contributed by atoms with E-state index in [1.165, 1.54) is 25.3 Å². The molecular formula is C14H12N2O4. The lowest BCUT2D eigenvalue weighted by molar-refractivity contribution is -0.384. The van der Waals surface area contributed by atoms with E-state index in [2.05, 4.69) is 5.32 Å². The van der Waals surface area contributed by atoms with Crippen LogP contribution < -0.4 is 10.1 Å². The number of benzene rings is 2. The third kappa shape index (κ3) is 2.92. The predicted molar refractivity (Wildman–Crippen MR) is 74.0 cm³/mol. The smallest absolute Gasteiger partial charge is 0.271 e. The van der Waals surface area contributed by atoms with Crippen molar-refractivity contribution in [2.45, 2.75) is 0 Å². The van der Waals surface area contributed by atoms with Crippen LogP contribution in [-0.2, 0) is 0 Å². The summed E-state index contributed by atoms with van der Waals surface area (Å²) in [7, 11) is 1.43. The summed E-state index contributed by atoms with van der Waals surface area (Å²) in [6.45, 7) is 0. The standard InChI is InChI=1S/C14H12N2O4/c1-20-13-8-7-11(16(18)19)9-12(13)15-14(17)10-5-3-2-4-6-10/h2-9H,1H3,(H,15,17). The molecule has 1 N–H and O–H groups in total. The van der Waals surface area contributed by atoms with Crippen molar-refractivity contribution in [3.63, 3.8) is 0 Å². The number of carbonyl (C=O) groups excluding carboxylic acids is 1. The maximum Gasteiger partial charge on any atom is 0.271 e. The van der Waals surface area contributed by atoms with Crippen LogP contribution in [0.4, 0.5) is 11.4 Å². The van der Waals surface area contributed by atoms with Crippen molar-refractivity contribution in [3.05, 3.63) is 64.2 Å². The SMILES string of the molecule is COc1ccc([N+](=O)[O-])cc1NC(=O)c1ccccc1. The molecule has 2 aromatic carbocycles. The number of hydrogen-bond donors (Lipinski definition) is 1. The van der Waals surface area contributed by atoms with E-state index in [0.29, 0.717) is 11.3 Å². The number of ether oxygens (including phenoxy) is 1. The summed E-state index contributed by atoms with van der Waals surface area (Å²) in [4.78, 5) is 22.3. The Labute approximate surface area is 115 Å². The fourth-order valence-corrected chi connectivity index (χ4v) is 1.69. The first kappa shape index (κ1) is 13.5. The molecule has 0 unspecified atom stereocenters. The number of methoxy groups -OCH3 is 1. The summed E-state index contributed by atoms with van der Waals surface area (Å²) in [5, 5.41) is 13.4. The van der Waals surface area contributed by atoms with E-state index in [4.69, 9.17) is 4.74 Å². The number of carbonyl (C=O) groups is 1. The maximum absolute atomic E-state index is 12.0. The first-order chi connectivity index (χ1) is 9.61. The fourth-order valence-electron chi connectivity index (χ4n) is 1.69. The van der Waals surface area contributed by atoms with Gasteiger partial charge in [0.1, 0.15) is 5.75 Å². The summed E-state index contributed by atoms with van der Waals surface area (Å²) in [6.07, 6.45) is 0. The van der Waals surface area contributed by atoms with Gasteiger partial charge in [0.05, 0.1) is 17.7 Å². The van der Waals surface area contributed by atoms with Gasteiger partial charge in [-0.1, -0.05) is 18.2 Å². The van der Waals surface area contributed by atoms with E-state index in [1.807, 2.05) is 0 Å². The Hall–Kier alpha value is -2.89. The predicted octanol–water partition coefficient (Wildman–Crippen LogP) is 2.86. The van der Waals surface area contributed by atoms with Gasteiger partial charge < -0.3 is 10.1 Å². The molecule has 1 amide bonds. The van der Waals surface area contributed by atoms with Gasteiger partial charge in [0.15, 0.2) is 0 Å². The summed E-state index contributed by atoms with van der Waals surface area (Å²) in [5.74, 6) is 0.00396. The van der Waals surface area contributed by atoms with E-state index in [9.17, 15) is 14.9 Å². The fraction of sp³-hybridized carbons (Fsp3) is 0.0714. The average molecular weight is 272 g/mol. The number of nitrogens with one attached hydrogen (secondary N) is 1. The van der Waals surface area contributed by atoms with E-state index >= 15 is 0 Å². The van der Waals surface area contributed by atoms with Crippen LogP contribution in [0.1, 0.15) is 10.4 Å². The molecule has 2 rings (SSSR count). The zero-order valence-corrected chi connectivity index (χ0v) is 10.7. The van der Waals surface area contributed by atoms with Crippen molar-refractivity contribution in [1.82, 2.24) is 0 Å². The summed E-state index contributed by atoms with van der Waals surface area (Å²) in [6, 6.07) is 12.6. The van der Waals surface area contributed by atoms with Gasteiger partial charge in [0.25, 0.3) is 11.6 Å². The molecule has 0 spiro atoms. The van der Waals surface area contributed by atoms with Crippen LogP contribution in [0.2, 0.25) is 0 Å². The van der Waals surface area contributed by atoms with Gasteiger partial charge in [0.2, 0.25) is 0 Å². The first-order valence-corrected chi connectivity index (χ1v) is 5.80. The lowest BCUT2D eigenvalue weighted by atomic mass is 10.2. The largest absolute Gasteiger partial charge is 0.495 e. The van der Waals surface area contributed by atoms with Crippen molar-refractivity contribution in [2.75, 3.05) is 12.4 Å². The Morgan fingerprint density at radius 3 is 2.50 bits per heavy atom. The Balaban J connectivity index is 2.30. The normalized spacial score (nSPS) is 9.85. The third-order valence-electron chi connectivity index (χ3n) is 2.68. The van der Waals surface area contributed by atoms with Crippen molar-refractivity contribution in [3.8, 4) is 5.75 Å². The highest BCUT2D eigenvalue weighted by atomic mass is 16.6. The van der Waals surface area contributed by atoms with Gasteiger partial charge in [-0.25, -0.2) is 0 Å². The van der Waals surface area contributed by atoms with E-state index in [1.54, 1.807) is 30.3 Å². The minimum absolute atomic E-state index is 0.117. The molecular weight excluding hydrogens is 260 g/mol. The molecule has 6 nitrogen and oxygen atoms in total. The van der Waals surface area contributed by atoms with Crippen LogP contribution in [0, 0.1) is 10.1 Å². The quantitative estimate of drug-likeness (QED) is 0.685. The number of nitrogens with zero attached hydrogens (tertiary/aromatic N) is 1. The summed E-state index contributed by atoms with van der Waals surface area (Å²) in [5.41, 5.74) is 0.603. The molecule has 6 heteroatoms. The summed E-state index contributed by atoms with van der Waals surface area (Å²) < 4.78 is 5.08. The molecule has 0 atom stereocenters. The highest BCUT2D eigenvalue weighted by Crippen LogP contribution is 2.29. The van der Waals surface area contributed by atoms with E-state index in [-0.39, 0.29) is 17.3 Å². The molecule has 0 aliphatic rings. The minimum atomic E-state index is -0.530. The van der Waals surface area contributed by atoms with Crippen LogP contribution >= 0.6 is 0 Å². The topological polar surface area (TPSA) is 81.5 Å². The Bertz CT molecular complexity index is 641. The van der Waals surface area contributed by atoms with Crippen molar-refractivity contribution in [2.24, 2.45) is 0 Å². The molecule has 0 aliphatic heterocycles. The van der Waals surface area contributed by atoms with Gasteiger partial charge in [-0.2, -0.15) is 0 Å².